The van der Waals surface area contributed by atoms with E-state index in [1.54, 1.807) is 14.2 Å². The molecule has 0 aromatic heterocycles. The molecule has 0 aromatic rings. The van der Waals surface area contributed by atoms with Gasteiger partial charge in [-0.3, -0.25) is 24.0 Å². The molecule has 0 aliphatic rings. The summed E-state index contributed by atoms with van der Waals surface area (Å²) in [7, 11) is 4.63. The van der Waals surface area contributed by atoms with Gasteiger partial charge in [0.15, 0.2) is 6.49 Å². The van der Waals surface area contributed by atoms with E-state index >= 15 is 0 Å². The van der Waals surface area contributed by atoms with E-state index in [2.05, 4.69) is 26.6 Å². The van der Waals surface area contributed by atoms with Crippen molar-refractivity contribution in [3.8, 4) is 0 Å². The van der Waals surface area contributed by atoms with Crippen molar-refractivity contribution in [3.63, 3.8) is 0 Å². The van der Waals surface area contributed by atoms with Crippen molar-refractivity contribution in [2.75, 3.05) is 127 Å². The van der Waals surface area contributed by atoms with Gasteiger partial charge in [-0.1, -0.05) is 0 Å². The van der Waals surface area contributed by atoms with E-state index in [-0.39, 0.29) is 97.3 Å². The lowest BCUT2D eigenvalue weighted by molar-refractivity contribution is -0.131. The summed E-state index contributed by atoms with van der Waals surface area (Å²) in [5.41, 5.74) is 0. The van der Waals surface area contributed by atoms with Crippen LogP contribution in [0.2, 0.25) is 0 Å². The largest absolute Gasteiger partial charge is 0.382 e. The van der Waals surface area contributed by atoms with Crippen molar-refractivity contribution in [1.82, 2.24) is 26.6 Å². The number of nitrogens with one attached hydrogen (secondary N) is 5. The summed E-state index contributed by atoms with van der Waals surface area (Å²) in [4.78, 5) is 73.7. The van der Waals surface area contributed by atoms with Crippen molar-refractivity contribution in [2.45, 2.75) is 44.2 Å². The summed E-state index contributed by atoms with van der Waals surface area (Å²) in [6.07, 6.45) is -0.467. The van der Waals surface area contributed by atoms with Crippen LogP contribution < -0.4 is 26.6 Å². The molecule has 52 heavy (non-hydrogen) atoms. The van der Waals surface area contributed by atoms with Crippen LogP contribution >= 0.6 is 6.49 Å². The minimum Gasteiger partial charge on any atom is -0.382 e. The second-order valence-electron chi connectivity index (χ2n) is 11.1. The van der Waals surface area contributed by atoms with Crippen LogP contribution in [0.15, 0.2) is 0 Å². The molecular weight excluding hydrogens is 729 g/mol. The van der Waals surface area contributed by atoms with E-state index in [0.717, 1.165) is 0 Å². The van der Waals surface area contributed by atoms with Crippen molar-refractivity contribution < 1.29 is 66.5 Å². The van der Waals surface area contributed by atoms with Gasteiger partial charge < -0.3 is 69.2 Å². The Labute approximate surface area is 311 Å². The smallest absolute Gasteiger partial charge is 0.242 e. The third-order valence-electron chi connectivity index (χ3n) is 6.61. The number of hydrogen-bond acceptors (Lipinski definition) is 14. The van der Waals surface area contributed by atoms with E-state index in [0.29, 0.717) is 39.6 Å². The highest BCUT2D eigenvalue weighted by Crippen LogP contribution is 2.36. The predicted octanol–water partition coefficient (Wildman–Crippen LogP) is -1.79. The van der Waals surface area contributed by atoms with Crippen LogP contribution in [0.5, 0.6) is 0 Å². The molecule has 0 aliphatic carbocycles. The van der Waals surface area contributed by atoms with Crippen molar-refractivity contribution in [3.05, 3.63) is 0 Å². The molecule has 0 radical (unpaired) electrons. The van der Waals surface area contributed by atoms with E-state index in [1.807, 2.05) is 0 Å². The molecular formula is C31H60N5O14PS. The number of hydrogen-bond donors (Lipinski definition) is 6. The minimum atomic E-state index is -2.81. The maximum Gasteiger partial charge on any atom is 0.242 e. The molecule has 304 valence electrons. The second-order valence-corrected chi connectivity index (χ2v) is 15.0. The summed E-state index contributed by atoms with van der Waals surface area (Å²) < 4.78 is 41.2. The first-order chi connectivity index (χ1) is 24.9. The lowest BCUT2D eigenvalue weighted by Gasteiger charge is -2.21. The molecule has 0 saturated carbocycles. The zero-order chi connectivity index (χ0) is 38.9. The summed E-state index contributed by atoms with van der Waals surface area (Å²) in [5.74, 6) is -2.45. The Kier molecular flexibility index (Phi) is 31.7. The number of carbonyl (C=O) groups is 5. The lowest BCUT2D eigenvalue weighted by Crippen LogP contribution is -2.50. The molecule has 0 spiro atoms. The first-order valence-corrected chi connectivity index (χ1v) is 20.2. The fourth-order valence-corrected chi connectivity index (χ4v) is 4.61. The zero-order valence-corrected chi connectivity index (χ0v) is 32.6. The lowest BCUT2D eigenvalue weighted by atomic mass is 10.1. The monoisotopic (exact) mass is 789 g/mol. The zero-order valence-electron chi connectivity index (χ0n) is 30.9. The van der Waals surface area contributed by atoms with Crippen LogP contribution in [-0.2, 0) is 73.5 Å². The number of rotatable bonds is 35. The van der Waals surface area contributed by atoms with Gasteiger partial charge in [-0.15, -0.1) is 0 Å². The highest BCUT2D eigenvalue weighted by atomic mass is 32.5. The van der Waals surface area contributed by atoms with Crippen molar-refractivity contribution in [2.24, 2.45) is 0 Å². The molecule has 0 fully saturated rings. The van der Waals surface area contributed by atoms with Gasteiger partial charge in [0.25, 0.3) is 0 Å². The van der Waals surface area contributed by atoms with Gasteiger partial charge in [0.2, 0.25) is 29.5 Å². The van der Waals surface area contributed by atoms with Crippen LogP contribution in [0.4, 0.5) is 0 Å². The standard InChI is InChI=1S/C31H60N5O14PS/c1-43-17-20-47-14-10-32-27(37)7-5-25(30(40)33-11-15-48-21-18-44-2)35-28(38)8-6-26(31(41)34-12-16-49-22-19-45-3)36-29(39)9-13-46-23-24-50-51(4,42)52/h25-26H,5-24H2,1-4H3,(H,32,37)(H,33,40)(H,34,41)(H,35,38)(H,36,39)(H,42,52). The Morgan fingerprint density at radius 3 is 1.37 bits per heavy atom. The Morgan fingerprint density at radius 2 is 0.923 bits per heavy atom. The molecule has 3 atom stereocenters. The van der Waals surface area contributed by atoms with Gasteiger partial charge in [-0.2, -0.15) is 0 Å². The summed E-state index contributed by atoms with van der Waals surface area (Å²) in [6.45, 7) is 2.34. The average Bonchev–Trinajstić information content (AvgIpc) is 3.10. The number of amides is 5. The molecule has 21 heteroatoms. The molecule has 0 bridgehead atoms. The normalized spacial score (nSPS) is 13.4. The van der Waals surface area contributed by atoms with Crippen LogP contribution in [0, 0.1) is 0 Å². The molecule has 0 heterocycles. The van der Waals surface area contributed by atoms with Crippen LogP contribution in [0.1, 0.15) is 32.1 Å². The Balaban J connectivity index is 5.25. The van der Waals surface area contributed by atoms with E-state index in [4.69, 9.17) is 49.5 Å². The SMILES string of the molecule is COCCOCCNC(=O)CCC(NC(=O)CCC(NC(=O)CCOCCOP(C)(O)=S)C(=O)NCCOCCOC)C(=O)NCCOCCOC. The number of carbonyl (C=O) groups excluding carboxylic acids is 5. The van der Waals surface area contributed by atoms with E-state index < -0.39 is 42.2 Å². The molecule has 0 aliphatic heterocycles. The number of methoxy groups -OCH3 is 3. The van der Waals surface area contributed by atoms with Gasteiger partial charge in [0, 0.05) is 66.9 Å². The van der Waals surface area contributed by atoms with E-state index in [9.17, 15) is 28.9 Å². The summed E-state index contributed by atoms with van der Waals surface area (Å²) in [6, 6.07) is -2.15. The Morgan fingerprint density at radius 1 is 0.538 bits per heavy atom. The number of ether oxygens (including phenoxy) is 7. The molecule has 19 nitrogen and oxygen atoms in total. The van der Waals surface area contributed by atoms with Gasteiger partial charge in [-0.05, 0) is 24.6 Å². The highest BCUT2D eigenvalue weighted by Gasteiger charge is 2.25. The second kappa shape index (κ2) is 33.2. The van der Waals surface area contributed by atoms with Crippen molar-refractivity contribution in [1.29, 1.82) is 0 Å². The third-order valence-corrected chi connectivity index (χ3v) is 7.59. The highest BCUT2D eigenvalue weighted by molar-refractivity contribution is 8.09. The van der Waals surface area contributed by atoms with Crippen LogP contribution in [0.3, 0.4) is 0 Å². The van der Waals surface area contributed by atoms with Gasteiger partial charge in [0.1, 0.15) is 12.1 Å². The average molecular weight is 790 g/mol. The first-order valence-electron chi connectivity index (χ1n) is 17.1. The minimum absolute atomic E-state index is 0.00102. The fraction of sp³-hybridized carbons (Fsp3) is 0.839. The molecule has 3 unspecified atom stereocenters. The summed E-state index contributed by atoms with van der Waals surface area (Å²) in [5, 5.41) is 13.3. The molecule has 5 amide bonds. The van der Waals surface area contributed by atoms with Crippen LogP contribution in [0.25, 0.3) is 0 Å². The third kappa shape index (κ3) is 31.2. The topological polar surface area (TPSA) is 240 Å². The fourth-order valence-electron chi connectivity index (χ4n) is 3.98. The van der Waals surface area contributed by atoms with Gasteiger partial charge >= 0.3 is 0 Å². The van der Waals surface area contributed by atoms with Crippen LogP contribution in [-0.4, -0.2) is 173 Å². The molecule has 0 rings (SSSR count). The maximum absolute atomic E-state index is 13.1. The molecule has 0 aromatic carbocycles. The summed E-state index contributed by atoms with van der Waals surface area (Å²) >= 11 is 4.79. The Hall–Kier alpha value is -2.36. The van der Waals surface area contributed by atoms with E-state index in [1.165, 1.54) is 13.8 Å². The molecule has 0 saturated heterocycles. The van der Waals surface area contributed by atoms with Crippen molar-refractivity contribution >= 4 is 47.8 Å². The van der Waals surface area contributed by atoms with Gasteiger partial charge in [-0.25, -0.2) is 0 Å². The Bertz CT molecular complexity index is 1040. The quantitative estimate of drug-likeness (QED) is 0.0307. The predicted molar refractivity (Wildman–Crippen MR) is 193 cm³/mol. The first kappa shape index (κ1) is 49.6. The maximum atomic E-state index is 13.1. The molecule has 6 N–H and O–H groups in total. The van der Waals surface area contributed by atoms with Gasteiger partial charge in [0.05, 0.1) is 79.3 Å².